The maximum Gasteiger partial charge on any atom is 0.410 e. The normalized spacial score (nSPS) is 27.4. The molecule has 1 aromatic heterocycles. The Hall–Kier alpha value is -1.81. The summed E-state index contributed by atoms with van der Waals surface area (Å²) in [7, 11) is 0. The molecule has 0 spiro atoms. The number of nitrogens with zero attached hydrogens (tertiary/aromatic N) is 4. The van der Waals surface area contributed by atoms with Gasteiger partial charge < -0.3 is 15.0 Å². The van der Waals surface area contributed by atoms with Gasteiger partial charge in [-0.2, -0.15) is 18.3 Å². The summed E-state index contributed by atoms with van der Waals surface area (Å²) in [6.45, 7) is 7.60. The van der Waals surface area contributed by atoms with Gasteiger partial charge in [0.25, 0.3) is 0 Å². The number of amides is 1. The Kier molecular flexibility index (Phi) is 5.98. The molecule has 3 aliphatic heterocycles. The van der Waals surface area contributed by atoms with E-state index < -0.39 is 12.2 Å². The SMILES string of the molecule is Cc1cc2n(n1)[C@@H](C(F)(F)F)C[C@@H](C1CCN(C(=O)C(C)N3CCOCC3)CC1)N2. The van der Waals surface area contributed by atoms with Gasteiger partial charge in [-0.1, -0.05) is 0 Å². The van der Waals surface area contributed by atoms with Crippen LogP contribution in [0.4, 0.5) is 19.0 Å². The molecule has 30 heavy (non-hydrogen) atoms. The smallest absolute Gasteiger partial charge is 0.379 e. The lowest BCUT2D eigenvalue weighted by Crippen LogP contribution is -2.53. The van der Waals surface area contributed by atoms with E-state index in [4.69, 9.17) is 4.74 Å². The Morgan fingerprint density at radius 2 is 1.90 bits per heavy atom. The number of likely N-dealkylation sites (tertiary alicyclic amines) is 1. The molecule has 0 aromatic carbocycles. The Balaban J connectivity index is 1.37. The average Bonchev–Trinajstić information content (AvgIpc) is 3.12. The minimum absolute atomic E-state index is 0.0274. The third-order valence-corrected chi connectivity index (χ3v) is 6.71. The molecule has 1 unspecified atom stereocenters. The minimum Gasteiger partial charge on any atom is -0.379 e. The number of piperidine rings is 1. The highest BCUT2D eigenvalue weighted by Crippen LogP contribution is 2.42. The molecule has 1 aromatic rings. The lowest BCUT2D eigenvalue weighted by molar-refractivity contribution is -0.174. The van der Waals surface area contributed by atoms with Gasteiger partial charge in [-0.25, -0.2) is 4.68 Å². The van der Waals surface area contributed by atoms with E-state index in [-0.39, 0.29) is 30.3 Å². The first-order chi connectivity index (χ1) is 14.2. The summed E-state index contributed by atoms with van der Waals surface area (Å²) < 4.78 is 47.4. The van der Waals surface area contributed by atoms with E-state index in [1.165, 1.54) is 0 Å². The van der Waals surface area contributed by atoms with Crippen LogP contribution < -0.4 is 5.32 Å². The van der Waals surface area contributed by atoms with Crippen molar-refractivity contribution in [3.8, 4) is 0 Å². The first kappa shape index (κ1) is 21.4. The van der Waals surface area contributed by atoms with Gasteiger partial charge in [0, 0.05) is 38.3 Å². The van der Waals surface area contributed by atoms with Crippen LogP contribution in [0.5, 0.6) is 0 Å². The lowest BCUT2D eigenvalue weighted by atomic mass is 9.84. The standard InChI is InChI=1S/C20H30F3N5O2/c1-13-11-18-24-16(12-17(20(21,22)23)28(18)25-13)15-3-5-27(6-4-15)19(29)14(2)26-7-9-30-10-8-26/h11,14-17,24H,3-10,12H2,1-2H3/t14?,16-,17+/m0/s1. The highest BCUT2D eigenvalue weighted by molar-refractivity contribution is 5.81. The van der Waals surface area contributed by atoms with Crippen molar-refractivity contribution in [2.75, 3.05) is 44.7 Å². The molecule has 1 amide bonds. The molecule has 0 bridgehead atoms. The minimum atomic E-state index is -4.34. The largest absolute Gasteiger partial charge is 0.410 e. The monoisotopic (exact) mass is 429 g/mol. The van der Waals surface area contributed by atoms with E-state index >= 15 is 0 Å². The number of ether oxygens (including phenoxy) is 1. The number of aryl methyl sites for hydroxylation is 1. The molecule has 168 valence electrons. The van der Waals surface area contributed by atoms with Gasteiger partial charge in [0.15, 0.2) is 6.04 Å². The molecule has 0 saturated carbocycles. The molecule has 3 aliphatic rings. The topological polar surface area (TPSA) is 62.6 Å². The zero-order chi connectivity index (χ0) is 21.5. The van der Waals surface area contributed by atoms with E-state index in [9.17, 15) is 18.0 Å². The van der Waals surface area contributed by atoms with Crippen LogP contribution in [0, 0.1) is 12.8 Å². The predicted molar refractivity (Wildman–Crippen MR) is 105 cm³/mol. The Bertz CT molecular complexity index is 754. The highest BCUT2D eigenvalue weighted by atomic mass is 19.4. The van der Waals surface area contributed by atoms with Crippen LogP contribution in [-0.2, 0) is 9.53 Å². The molecule has 10 heteroatoms. The van der Waals surface area contributed by atoms with Crippen molar-refractivity contribution >= 4 is 11.7 Å². The molecule has 1 N–H and O–H groups in total. The van der Waals surface area contributed by atoms with Crippen molar-refractivity contribution in [1.29, 1.82) is 0 Å². The van der Waals surface area contributed by atoms with E-state index in [2.05, 4.69) is 15.3 Å². The summed E-state index contributed by atoms with van der Waals surface area (Å²) in [6, 6.07) is -0.388. The zero-order valence-electron chi connectivity index (χ0n) is 17.5. The fourth-order valence-corrected chi connectivity index (χ4v) is 4.94. The molecule has 4 rings (SSSR count). The summed E-state index contributed by atoms with van der Waals surface area (Å²) in [5.41, 5.74) is 0.574. The number of anilines is 1. The fraction of sp³-hybridized carbons (Fsp3) is 0.800. The number of halogens is 3. The number of hydrogen-bond donors (Lipinski definition) is 1. The number of rotatable bonds is 3. The van der Waals surface area contributed by atoms with E-state index in [0.717, 1.165) is 17.8 Å². The van der Waals surface area contributed by atoms with Gasteiger partial charge in [-0.05, 0) is 39.0 Å². The van der Waals surface area contributed by atoms with Gasteiger partial charge in [0.1, 0.15) is 5.82 Å². The Labute approximate surface area is 174 Å². The number of morpholine rings is 1. The summed E-state index contributed by atoms with van der Waals surface area (Å²) in [6.07, 6.45) is -2.95. The van der Waals surface area contributed by atoms with Crippen LogP contribution in [-0.4, -0.2) is 83.1 Å². The van der Waals surface area contributed by atoms with Crippen LogP contribution in [0.3, 0.4) is 0 Å². The van der Waals surface area contributed by atoms with Crippen molar-refractivity contribution < 1.29 is 22.7 Å². The molecule has 4 heterocycles. The second kappa shape index (κ2) is 8.37. The van der Waals surface area contributed by atoms with E-state index in [0.29, 0.717) is 50.7 Å². The van der Waals surface area contributed by atoms with Crippen LogP contribution in [0.15, 0.2) is 6.07 Å². The summed E-state index contributed by atoms with van der Waals surface area (Å²) in [4.78, 5) is 16.9. The number of carbonyl (C=O) groups is 1. The van der Waals surface area contributed by atoms with Gasteiger partial charge in [0.05, 0.1) is 24.9 Å². The highest BCUT2D eigenvalue weighted by Gasteiger charge is 2.47. The molecule has 0 radical (unpaired) electrons. The Morgan fingerprint density at radius 3 is 2.53 bits per heavy atom. The summed E-state index contributed by atoms with van der Waals surface area (Å²) in [5, 5.41) is 7.33. The van der Waals surface area contributed by atoms with Crippen molar-refractivity contribution in [3.05, 3.63) is 11.8 Å². The Morgan fingerprint density at radius 1 is 1.23 bits per heavy atom. The van der Waals surface area contributed by atoms with Gasteiger partial charge >= 0.3 is 6.18 Å². The van der Waals surface area contributed by atoms with Crippen LogP contribution in [0.2, 0.25) is 0 Å². The van der Waals surface area contributed by atoms with Crippen LogP contribution in [0.25, 0.3) is 0 Å². The number of hydrogen-bond acceptors (Lipinski definition) is 5. The average molecular weight is 429 g/mol. The fourth-order valence-electron chi connectivity index (χ4n) is 4.94. The number of aromatic nitrogens is 2. The van der Waals surface area contributed by atoms with E-state index in [1.807, 2.05) is 11.8 Å². The number of carbonyl (C=O) groups excluding carboxylic acids is 1. The second-order valence-electron chi connectivity index (χ2n) is 8.65. The molecule has 3 atom stereocenters. The predicted octanol–water partition coefficient (Wildman–Crippen LogP) is 2.44. The van der Waals surface area contributed by atoms with Gasteiger partial charge in [0.2, 0.25) is 5.91 Å². The summed E-state index contributed by atoms with van der Waals surface area (Å²) >= 11 is 0. The first-order valence-electron chi connectivity index (χ1n) is 10.7. The number of nitrogens with one attached hydrogen (secondary N) is 1. The first-order valence-corrected chi connectivity index (χ1v) is 10.7. The molecular weight excluding hydrogens is 399 g/mol. The van der Waals surface area contributed by atoms with Crippen molar-refractivity contribution in [1.82, 2.24) is 19.6 Å². The molecule has 0 aliphatic carbocycles. The van der Waals surface area contributed by atoms with Crippen molar-refractivity contribution in [2.24, 2.45) is 5.92 Å². The molecule has 2 fully saturated rings. The number of alkyl halides is 3. The van der Waals surface area contributed by atoms with E-state index in [1.54, 1.807) is 13.0 Å². The van der Waals surface area contributed by atoms with Crippen LogP contribution in [0.1, 0.15) is 37.9 Å². The van der Waals surface area contributed by atoms with Crippen LogP contribution >= 0.6 is 0 Å². The van der Waals surface area contributed by atoms with Gasteiger partial charge in [-0.15, -0.1) is 0 Å². The second-order valence-corrected chi connectivity index (χ2v) is 8.65. The quantitative estimate of drug-likeness (QED) is 0.800. The van der Waals surface area contributed by atoms with Gasteiger partial charge in [-0.3, -0.25) is 9.69 Å². The molecule has 2 saturated heterocycles. The third kappa shape index (κ3) is 4.30. The van der Waals surface area contributed by atoms with Crippen molar-refractivity contribution in [3.63, 3.8) is 0 Å². The molecule has 7 nitrogen and oxygen atoms in total. The van der Waals surface area contributed by atoms with Crippen molar-refractivity contribution in [2.45, 2.75) is 57.4 Å². The maximum atomic E-state index is 13.6. The lowest BCUT2D eigenvalue weighted by Gasteiger charge is -2.42. The third-order valence-electron chi connectivity index (χ3n) is 6.71. The molecular formula is C20H30F3N5O2. The zero-order valence-corrected chi connectivity index (χ0v) is 17.5. The maximum absolute atomic E-state index is 13.6. The number of fused-ring (bicyclic) bond motifs is 1. The summed E-state index contributed by atoms with van der Waals surface area (Å²) in [5.74, 6) is 0.640.